The molecule has 1 fully saturated rings. The van der Waals surface area contributed by atoms with E-state index in [-0.39, 0.29) is 27.4 Å². The number of hydrogen-bond acceptors (Lipinski definition) is 7. The van der Waals surface area contributed by atoms with Crippen molar-refractivity contribution in [1.82, 2.24) is 0 Å². The predicted molar refractivity (Wildman–Crippen MR) is 120 cm³/mol. The standard InChI is InChI=1S/C25H15ClN2O6/c26-18-12-11-17(14-27)19(13-18)28-22(29)20(33-24(31)15-7-3-1-4-8-15)21(23(28)30)34-25(32)16-9-5-2-6-10-16/h1-13,20-21H/t20-,21-/m1/s1. The van der Waals surface area contributed by atoms with Crippen LogP contribution in [0.5, 0.6) is 0 Å². The zero-order valence-electron chi connectivity index (χ0n) is 17.4. The molecule has 0 unspecified atom stereocenters. The van der Waals surface area contributed by atoms with Gasteiger partial charge in [-0.25, -0.2) is 14.5 Å². The van der Waals surface area contributed by atoms with Crippen LogP contribution in [0.3, 0.4) is 0 Å². The lowest BCUT2D eigenvalue weighted by Gasteiger charge is -2.16. The van der Waals surface area contributed by atoms with Gasteiger partial charge in [-0.1, -0.05) is 48.0 Å². The largest absolute Gasteiger partial charge is 0.444 e. The normalized spacial score (nSPS) is 17.2. The summed E-state index contributed by atoms with van der Waals surface area (Å²) in [7, 11) is 0. The van der Waals surface area contributed by atoms with Crippen molar-refractivity contribution in [2.45, 2.75) is 12.2 Å². The van der Waals surface area contributed by atoms with Gasteiger partial charge in [0.15, 0.2) is 0 Å². The first-order valence-electron chi connectivity index (χ1n) is 10.00. The number of halogens is 1. The summed E-state index contributed by atoms with van der Waals surface area (Å²) in [6.45, 7) is 0. The number of carbonyl (C=O) groups excluding carboxylic acids is 4. The molecule has 2 atom stereocenters. The second-order valence-corrected chi connectivity index (χ2v) is 7.61. The van der Waals surface area contributed by atoms with Crippen LogP contribution in [0, 0.1) is 11.3 Å². The van der Waals surface area contributed by atoms with Crippen molar-refractivity contribution >= 4 is 41.0 Å². The predicted octanol–water partition coefficient (Wildman–Crippen LogP) is 3.54. The third kappa shape index (κ3) is 4.37. The average molecular weight is 475 g/mol. The van der Waals surface area contributed by atoms with E-state index in [4.69, 9.17) is 21.1 Å². The molecule has 0 aliphatic carbocycles. The summed E-state index contributed by atoms with van der Waals surface area (Å²) >= 11 is 6.02. The molecular weight excluding hydrogens is 460 g/mol. The molecule has 8 nitrogen and oxygen atoms in total. The fourth-order valence-corrected chi connectivity index (χ4v) is 3.55. The number of benzene rings is 3. The van der Waals surface area contributed by atoms with Crippen molar-refractivity contribution < 1.29 is 28.7 Å². The third-order valence-electron chi connectivity index (χ3n) is 5.01. The number of nitriles is 1. The number of rotatable bonds is 5. The summed E-state index contributed by atoms with van der Waals surface area (Å²) < 4.78 is 10.7. The highest BCUT2D eigenvalue weighted by Gasteiger charge is 2.54. The van der Waals surface area contributed by atoms with Crippen molar-refractivity contribution in [3.8, 4) is 6.07 Å². The zero-order valence-corrected chi connectivity index (χ0v) is 18.1. The molecule has 1 aliphatic heterocycles. The summed E-state index contributed by atoms with van der Waals surface area (Å²) in [5, 5.41) is 9.61. The highest BCUT2D eigenvalue weighted by molar-refractivity contribution is 6.32. The second-order valence-electron chi connectivity index (χ2n) is 7.17. The van der Waals surface area contributed by atoms with Gasteiger partial charge in [0.05, 0.1) is 22.4 Å². The molecule has 9 heteroatoms. The number of ether oxygens (including phenoxy) is 2. The quantitative estimate of drug-likeness (QED) is 0.410. The smallest absolute Gasteiger partial charge is 0.339 e. The highest BCUT2D eigenvalue weighted by atomic mass is 35.5. The maximum Gasteiger partial charge on any atom is 0.339 e. The fourth-order valence-electron chi connectivity index (χ4n) is 3.38. The van der Waals surface area contributed by atoms with Crippen LogP contribution < -0.4 is 4.90 Å². The Morgan fingerprint density at radius 2 is 1.26 bits per heavy atom. The van der Waals surface area contributed by atoms with E-state index >= 15 is 0 Å². The van der Waals surface area contributed by atoms with Crippen LogP contribution in [0.25, 0.3) is 0 Å². The van der Waals surface area contributed by atoms with Gasteiger partial charge in [-0.3, -0.25) is 9.59 Å². The minimum atomic E-state index is -1.77. The number of carbonyl (C=O) groups is 4. The molecule has 0 bridgehead atoms. The van der Waals surface area contributed by atoms with Crippen LogP contribution in [0.1, 0.15) is 26.3 Å². The van der Waals surface area contributed by atoms with Crippen LogP contribution in [0.4, 0.5) is 5.69 Å². The molecule has 1 heterocycles. The lowest BCUT2D eigenvalue weighted by atomic mass is 10.2. The zero-order chi connectivity index (χ0) is 24.2. The number of amides is 2. The summed E-state index contributed by atoms with van der Waals surface area (Å²) in [5.74, 6) is -3.72. The van der Waals surface area contributed by atoms with Crippen LogP contribution in [0.2, 0.25) is 5.02 Å². The maximum atomic E-state index is 13.3. The molecule has 168 valence electrons. The Kier molecular flexibility index (Phi) is 6.39. The van der Waals surface area contributed by atoms with E-state index in [1.807, 2.05) is 6.07 Å². The monoisotopic (exact) mass is 474 g/mol. The van der Waals surface area contributed by atoms with Gasteiger partial charge >= 0.3 is 11.9 Å². The molecule has 34 heavy (non-hydrogen) atoms. The topological polar surface area (TPSA) is 114 Å². The van der Waals surface area contributed by atoms with E-state index < -0.39 is 36.0 Å². The van der Waals surface area contributed by atoms with Gasteiger partial charge < -0.3 is 9.47 Å². The Labute approximate surface area is 198 Å². The SMILES string of the molecule is N#Cc1ccc(Cl)cc1N1C(=O)[C@H](OC(=O)c2ccccc2)[C@@H](OC(=O)c2ccccc2)C1=O. The third-order valence-corrected chi connectivity index (χ3v) is 5.25. The van der Waals surface area contributed by atoms with E-state index in [0.717, 1.165) is 0 Å². The lowest BCUT2D eigenvalue weighted by Crippen LogP contribution is -2.37. The molecule has 3 aromatic carbocycles. The van der Waals surface area contributed by atoms with Crippen molar-refractivity contribution in [1.29, 1.82) is 5.26 Å². The number of nitrogens with zero attached hydrogens (tertiary/aromatic N) is 2. The molecule has 0 aromatic heterocycles. The minimum absolute atomic E-state index is 0.0192. The van der Waals surface area contributed by atoms with Crippen LogP contribution >= 0.6 is 11.6 Å². The first-order chi connectivity index (χ1) is 16.4. The van der Waals surface area contributed by atoms with Crippen LogP contribution in [0.15, 0.2) is 78.9 Å². The van der Waals surface area contributed by atoms with E-state index in [2.05, 4.69) is 0 Å². The van der Waals surface area contributed by atoms with Crippen molar-refractivity contribution in [3.05, 3.63) is 101 Å². The molecule has 0 saturated carbocycles. The molecule has 4 rings (SSSR count). The molecule has 0 N–H and O–H groups in total. The average Bonchev–Trinajstić information content (AvgIpc) is 3.08. The molecule has 1 saturated heterocycles. The van der Waals surface area contributed by atoms with Gasteiger partial charge in [-0.2, -0.15) is 5.26 Å². The van der Waals surface area contributed by atoms with E-state index in [0.29, 0.717) is 4.90 Å². The Bertz CT molecular complexity index is 1250. The van der Waals surface area contributed by atoms with Crippen molar-refractivity contribution in [3.63, 3.8) is 0 Å². The summed E-state index contributed by atoms with van der Waals surface area (Å²) in [4.78, 5) is 52.5. The fraction of sp³-hybridized carbons (Fsp3) is 0.0800. The number of imide groups is 1. The van der Waals surface area contributed by atoms with Crippen LogP contribution in [-0.4, -0.2) is 36.0 Å². The summed E-state index contributed by atoms with van der Waals surface area (Å²) in [6, 6.07) is 21.6. The minimum Gasteiger partial charge on any atom is -0.444 e. The number of anilines is 1. The molecular formula is C25H15ClN2O6. The Balaban J connectivity index is 1.71. The van der Waals surface area contributed by atoms with Gasteiger partial charge in [0, 0.05) is 5.02 Å². The van der Waals surface area contributed by atoms with Crippen LogP contribution in [-0.2, 0) is 19.1 Å². The second kappa shape index (κ2) is 9.57. The van der Waals surface area contributed by atoms with Gasteiger partial charge in [-0.15, -0.1) is 0 Å². The Morgan fingerprint density at radius 3 is 1.71 bits per heavy atom. The molecule has 0 radical (unpaired) electrons. The first-order valence-corrected chi connectivity index (χ1v) is 10.4. The molecule has 0 spiro atoms. The molecule has 3 aromatic rings. The number of esters is 2. The van der Waals surface area contributed by atoms with E-state index in [9.17, 15) is 24.4 Å². The summed E-state index contributed by atoms with van der Waals surface area (Å²) in [5.41, 5.74) is 0.142. The lowest BCUT2D eigenvalue weighted by molar-refractivity contribution is -0.130. The number of hydrogen-bond donors (Lipinski definition) is 0. The van der Waals surface area contributed by atoms with E-state index in [1.165, 1.54) is 42.5 Å². The maximum absolute atomic E-state index is 13.3. The van der Waals surface area contributed by atoms with Gasteiger partial charge in [-0.05, 0) is 42.5 Å². The molecule has 2 amide bonds. The van der Waals surface area contributed by atoms with Crippen molar-refractivity contribution in [2.75, 3.05) is 4.90 Å². The summed E-state index contributed by atoms with van der Waals surface area (Å²) in [6.07, 6.45) is -3.53. The van der Waals surface area contributed by atoms with Gasteiger partial charge in [0.1, 0.15) is 6.07 Å². The Hall–Kier alpha value is -4.48. The van der Waals surface area contributed by atoms with Gasteiger partial charge in [0.2, 0.25) is 12.2 Å². The Morgan fingerprint density at radius 1 is 0.794 bits per heavy atom. The van der Waals surface area contributed by atoms with Gasteiger partial charge in [0.25, 0.3) is 11.8 Å². The highest BCUT2D eigenvalue weighted by Crippen LogP contribution is 2.32. The van der Waals surface area contributed by atoms with E-state index in [1.54, 1.807) is 36.4 Å². The van der Waals surface area contributed by atoms with Crippen molar-refractivity contribution in [2.24, 2.45) is 0 Å². The molecule has 1 aliphatic rings. The first kappa shape index (κ1) is 22.7.